The normalized spacial score (nSPS) is 17.6. The molecule has 0 unspecified atom stereocenters. The van der Waals surface area contributed by atoms with Crippen molar-refractivity contribution in [3.63, 3.8) is 0 Å². The molecular formula is C26H22FN3O2S. The first-order chi connectivity index (χ1) is 15.9. The zero-order chi connectivity index (χ0) is 22.8. The fraction of sp³-hybridized carbons (Fsp3) is 0.269. The number of amides is 1. The van der Waals surface area contributed by atoms with E-state index in [4.69, 9.17) is 4.98 Å². The molecule has 2 heterocycles. The molecule has 2 aliphatic rings. The Morgan fingerprint density at radius 3 is 2.39 bits per heavy atom. The second kappa shape index (κ2) is 7.09. The van der Waals surface area contributed by atoms with Crippen molar-refractivity contribution in [3.8, 4) is 10.6 Å². The highest BCUT2D eigenvalue weighted by atomic mass is 32.1. The number of fused-ring (bicyclic) bond motifs is 1. The lowest BCUT2D eigenvalue weighted by atomic mass is 9.92. The van der Waals surface area contributed by atoms with E-state index in [0.29, 0.717) is 29.0 Å². The van der Waals surface area contributed by atoms with Gasteiger partial charge in [-0.15, -0.1) is 0 Å². The Labute approximate surface area is 194 Å². The number of hydrogen-bond donors (Lipinski definition) is 1. The predicted octanol–water partition coefficient (Wildman–Crippen LogP) is 6.18. The van der Waals surface area contributed by atoms with Crippen LogP contribution in [0.15, 0.2) is 60.7 Å². The Hall–Kier alpha value is -3.32. The van der Waals surface area contributed by atoms with Gasteiger partial charge in [0.05, 0.1) is 11.2 Å². The van der Waals surface area contributed by atoms with E-state index in [9.17, 15) is 9.90 Å². The molecule has 4 aromatic rings. The summed E-state index contributed by atoms with van der Waals surface area (Å²) in [5, 5.41) is 9.96. The van der Waals surface area contributed by atoms with E-state index in [-0.39, 0.29) is 11.2 Å². The molecule has 2 aromatic carbocycles. The smallest absolute Gasteiger partial charge is 0.407 e. The lowest BCUT2D eigenvalue weighted by molar-refractivity contribution is 0.131. The molecule has 166 valence electrons. The van der Waals surface area contributed by atoms with E-state index < -0.39 is 11.6 Å². The van der Waals surface area contributed by atoms with E-state index in [1.165, 1.54) is 27.9 Å². The molecular weight excluding hydrogens is 437 g/mol. The van der Waals surface area contributed by atoms with Crippen molar-refractivity contribution in [2.75, 3.05) is 7.05 Å². The minimum absolute atomic E-state index is 0.0265. The summed E-state index contributed by atoms with van der Waals surface area (Å²) in [6.45, 7) is 0. The molecule has 2 aliphatic carbocycles. The molecule has 7 heteroatoms. The maximum absolute atomic E-state index is 15.2. The maximum Gasteiger partial charge on any atom is 0.407 e. The van der Waals surface area contributed by atoms with Crippen LogP contribution in [0.4, 0.5) is 9.18 Å². The lowest BCUT2D eigenvalue weighted by Gasteiger charge is -2.26. The quantitative estimate of drug-likeness (QED) is 0.387. The zero-order valence-corrected chi connectivity index (χ0v) is 18.9. The minimum atomic E-state index is -1.01. The van der Waals surface area contributed by atoms with Gasteiger partial charge in [0, 0.05) is 18.0 Å². The first-order valence-electron chi connectivity index (χ1n) is 11.0. The monoisotopic (exact) mass is 459 g/mol. The van der Waals surface area contributed by atoms with Gasteiger partial charge in [-0.05, 0) is 61.1 Å². The van der Waals surface area contributed by atoms with Crippen LogP contribution < -0.4 is 0 Å². The highest BCUT2D eigenvalue weighted by molar-refractivity contribution is 7.21. The number of aromatic nitrogens is 2. The van der Waals surface area contributed by atoms with Crippen molar-refractivity contribution in [3.05, 3.63) is 83.3 Å². The summed E-state index contributed by atoms with van der Waals surface area (Å²) in [5.41, 5.74) is 3.54. The Morgan fingerprint density at radius 2 is 1.76 bits per heavy atom. The van der Waals surface area contributed by atoms with Crippen LogP contribution in [-0.4, -0.2) is 33.1 Å². The first-order valence-corrected chi connectivity index (χ1v) is 11.9. The summed E-state index contributed by atoms with van der Waals surface area (Å²) in [7, 11) is 1.54. The van der Waals surface area contributed by atoms with Crippen LogP contribution in [0, 0.1) is 5.82 Å². The molecule has 0 saturated heterocycles. The molecule has 0 spiro atoms. The molecule has 0 aliphatic heterocycles. The molecule has 6 rings (SSSR count). The standard InChI is InChI=1S/C26H22FN3O2S/c1-30(24(31)32)26(13-14-26)17-7-8-18(19(27)15-17)22-28-20-9-10-21(29-23(20)33-22)25(11-12-25)16-5-3-2-4-6-16/h2-10,15H,11-14H2,1H3,(H,31,32). The molecule has 5 nitrogen and oxygen atoms in total. The van der Waals surface area contributed by atoms with Crippen molar-refractivity contribution in [2.45, 2.75) is 36.6 Å². The summed E-state index contributed by atoms with van der Waals surface area (Å²) in [5.74, 6) is -0.389. The van der Waals surface area contributed by atoms with Crippen molar-refractivity contribution in [1.82, 2.24) is 14.9 Å². The highest BCUT2D eigenvalue weighted by Crippen LogP contribution is 2.53. The van der Waals surface area contributed by atoms with Gasteiger partial charge < -0.3 is 10.0 Å². The number of nitrogens with zero attached hydrogens (tertiary/aromatic N) is 3. The van der Waals surface area contributed by atoms with Crippen LogP contribution in [0.1, 0.15) is 42.5 Å². The summed E-state index contributed by atoms with van der Waals surface area (Å²) >= 11 is 1.39. The van der Waals surface area contributed by atoms with Gasteiger partial charge in [0.25, 0.3) is 0 Å². The topological polar surface area (TPSA) is 66.3 Å². The fourth-order valence-electron chi connectivity index (χ4n) is 4.87. The van der Waals surface area contributed by atoms with Crippen LogP contribution in [-0.2, 0) is 11.0 Å². The van der Waals surface area contributed by atoms with E-state index in [0.717, 1.165) is 28.9 Å². The average Bonchev–Trinajstić information content (AvgIpc) is 3.75. The summed E-state index contributed by atoms with van der Waals surface area (Å²) in [6.07, 6.45) is 2.54. The number of carboxylic acid groups (broad SMARTS) is 1. The Morgan fingerprint density at radius 1 is 1.00 bits per heavy atom. The third kappa shape index (κ3) is 3.14. The number of hydrogen-bond acceptors (Lipinski definition) is 4. The van der Waals surface area contributed by atoms with Crippen molar-refractivity contribution < 1.29 is 14.3 Å². The molecule has 0 bridgehead atoms. The molecule has 0 atom stereocenters. The van der Waals surface area contributed by atoms with Crippen LogP contribution in [0.2, 0.25) is 0 Å². The van der Waals surface area contributed by atoms with Gasteiger partial charge in [-0.1, -0.05) is 47.7 Å². The third-order valence-electron chi connectivity index (χ3n) is 7.21. The largest absolute Gasteiger partial charge is 0.465 e. The van der Waals surface area contributed by atoms with Crippen LogP contribution in [0.3, 0.4) is 0 Å². The van der Waals surface area contributed by atoms with Gasteiger partial charge in [0.1, 0.15) is 21.2 Å². The molecule has 0 radical (unpaired) electrons. The highest BCUT2D eigenvalue weighted by Gasteiger charge is 2.50. The van der Waals surface area contributed by atoms with E-state index in [1.807, 2.05) is 24.3 Å². The second-order valence-electron chi connectivity index (χ2n) is 9.06. The Balaban J connectivity index is 1.35. The number of carbonyl (C=O) groups is 1. The van der Waals surface area contributed by atoms with Crippen LogP contribution in [0.25, 0.3) is 20.9 Å². The second-order valence-corrected chi connectivity index (χ2v) is 10.0. The molecule has 2 saturated carbocycles. The summed E-state index contributed by atoms with van der Waals surface area (Å²) in [6, 6.07) is 19.5. The average molecular weight is 460 g/mol. The third-order valence-corrected chi connectivity index (χ3v) is 8.21. The summed E-state index contributed by atoms with van der Waals surface area (Å²) < 4.78 is 15.2. The molecule has 2 fully saturated rings. The van der Waals surface area contributed by atoms with Gasteiger partial charge in [-0.3, -0.25) is 0 Å². The Kier molecular flexibility index (Phi) is 4.36. The Bertz CT molecular complexity index is 1390. The SMILES string of the molecule is CN(C(=O)O)C1(c2ccc(-c3nc4ccc(C5(c6ccccc6)CC5)nc4s3)c(F)c2)CC1. The zero-order valence-electron chi connectivity index (χ0n) is 18.1. The van der Waals surface area contributed by atoms with Crippen molar-refractivity contribution in [2.24, 2.45) is 0 Å². The number of halogens is 1. The van der Waals surface area contributed by atoms with E-state index in [1.54, 1.807) is 13.1 Å². The van der Waals surface area contributed by atoms with E-state index >= 15 is 4.39 Å². The molecule has 1 N–H and O–H groups in total. The maximum atomic E-state index is 15.2. The van der Waals surface area contributed by atoms with Crippen molar-refractivity contribution in [1.29, 1.82) is 0 Å². The van der Waals surface area contributed by atoms with Gasteiger partial charge in [-0.25, -0.2) is 19.2 Å². The number of pyridine rings is 1. The van der Waals surface area contributed by atoms with E-state index in [2.05, 4.69) is 29.2 Å². The molecule has 33 heavy (non-hydrogen) atoms. The first kappa shape index (κ1) is 20.3. The minimum Gasteiger partial charge on any atom is -0.465 e. The van der Waals surface area contributed by atoms with Crippen molar-refractivity contribution >= 4 is 27.8 Å². The van der Waals surface area contributed by atoms with Crippen LogP contribution >= 0.6 is 11.3 Å². The van der Waals surface area contributed by atoms with Gasteiger partial charge in [-0.2, -0.15) is 0 Å². The summed E-state index contributed by atoms with van der Waals surface area (Å²) in [4.78, 5) is 23.1. The van der Waals surface area contributed by atoms with Gasteiger partial charge >= 0.3 is 6.09 Å². The molecule has 2 aromatic heterocycles. The lowest BCUT2D eigenvalue weighted by Crippen LogP contribution is -2.36. The fourth-order valence-corrected chi connectivity index (χ4v) is 5.84. The predicted molar refractivity (Wildman–Crippen MR) is 126 cm³/mol. The number of thiazole rings is 1. The van der Waals surface area contributed by atoms with Gasteiger partial charge in [0.15, 0.2) is 0 Å². The van der Waals surface area contributed by atoms with Gasteiger partial charge in [0.2, 0.25) is 0 Å². The van der Waals surface area contributed by atoms with Crippen LogP contribution in [0.5, 0.6) is 0 Å². The number of benzene rings is 2. The molecule has 1 amide bonds. The number of rotatable bonds is 5.